The summed E-state index contributed by atoms with van der Waals surface area (Å²) in [4.78, 5) is 0. The Morgan fingerprint density at radius 2 is 1.82 bits per heavy atom. The van der Waals surface area contributed by atoms with E-state index in [1.54, 1.807) is 0 Å². The lowest BCUT2D eigenvalue weighted by Crippen LogP contribution is -2.41. The molecule has 0 amide bonds. The Bertz CT molecular complexity index is 203. The maximum atomic E-state index is 5.44. The molecule has 1 rings (SSSR count). The molecule has 2 atom stereocenters. The first kappa shape index (κ1) is 15.0. The third-order valence-corrected chi connectivity index (χ3v) is 4.00. The summed E-state index contributed by atoms with van der Waals surface area (Å²) in [7, 11) is 1.83. The normalized spacial score (nSPS) is 21.7. The van der Waals surface area contributed by atoms with E-state index in [0.29, 0.717) is 6.10 Å². The van der Waals surface area contributed by atoms with Crippen molar-refractivity contribution < 1.29 is 4.74 Å². The minimum Gasteiger partial charge on any atom is -0.382 e. The van der Waals surface area contributed by atoms with Crippen LogP contribution in [-0.2, 0) is 4.74 Å². The van der Waals surface area contributed by atoms with Gasteiger partial charge in [0.25, 0.3) is 0 Å². The molecule has 102 valence electrons. The average molecular weight is 241 g/mol. The van der Waals surface area contributed by atoms with E-state index in [-0.39, 0.29) is 5.54 Å². The van der Waals surface area contributed by atoms with Crippen LogP contribution in [0, 0.1) is 11.8 Å². The number of hydrogen-bond acceptors (Lipinski definition) is 2. The predicted molar refractivity (Wildman–Crippen MR) is 74.3 cm³/mol. The van der Waals surface area contributed by atoms with Crippen LogP contribution in [0.4, 0.5) is 0 Å². The Morgan fingerprint density at radius 1 is 1.24 bits per heavy atom. The molecule has 1 aliphatic carbocycles. The molecule has 17 heavy (non-hydrogen) atoms. The van der Waals surface area contributed by atoms with Gasteiger partial charge in [0.1, 0.15) is 0 Å². The summed E-state index contributed by atoms with van der Waals surface area (Å²) >= 11 is 0. The van der Waals surface area contributed by atoms with E-state index in [9.17, 15) is 0 Å². The van der Waals surface area contributed by atoms with Gasteiger partial charge in [0.2, 0.25) is 0 Å². The molecular formula is C15H31NO. The van der Waals surface area contributed by atoms with Gasteiger partial charge in [0.15, 0.2) is 0 Å². The lowest BCUT2D eigenvalue weighted by molar-refractivity contribution is 0.0817. The summed E-state index contributed by atoms with van der Waals surface area (Å²) in [5.41, 5.74) is 0.229. The topological polar surface area (TPSA) is 21.3 Å². The van der Waals surface area contributed by atoms with Crippen LogP contribution in [0.2, 0.25) is 0 Å². The highest BCUT2D eigenvalue weighted by Crippen LogP contribution is 2.34. The van der Waals surface area contributed by atoms with E-state index >= 15 is 0 Å². The average Bonchev–Trinajstić information content (AvgIpc) is 2.75. The van der Waals surface area contributed by atoms with Crippen LogP contribution in [0.3, 0.4) is 0 Å². The molecule has 1 saturated carbocycles. The summed E-state index contributed by atoms with van der Waals surface area (Å²) in [6, 6.07) is 0. The lowest BCUT2D eigenvalue weighted by Gasteiger charge is -2.30. The summed E-state index contributed by atoms with van der Waals surface area (Å²) in [6.07, 6.45) is 7.29. The number of hydrogen-bond donors (Lipinski definition) is 1. The Kier molecular flexibility index (Phi) is 5.94. The molecule has 2 heteroatoms. The Hall–Kier alpha value is -0.0800. The molecule has 0 aromatic carbocycles. The zero-order valence-corrected chi connectivity index (χ0v) is 12.4. The second-order valence-corrected chi connectivity index (χ2v) is 6.72. The van der Waals surface area contributed by atoms with Gasteiger partial charge in [0, 0.05) is 12.6 Å². The van der Waals surface area contributed by atoms with Gasteiger partial charge >= 0.3 is 0 Å². The molecule has 0 heterocycles. The van der Waals surface area contributed by atoms with Crippen molar-refractivity contribution in [3.8, 4) is 0 Å². The summed E-state index contributed by atoms with van der Waals surface area (Å²) in [5, 5.41) is 3.67. The molecule has 2 unspecified atom stereocenters. The minimum absolute atomic E-state index is 0.229. The lowest BCUT2D eigenvalue weighted by atomic mass is 9.86. The number of nitrogens with one attached hydrogen (secondary N) is 1. The first-order chi connectivity index (χ1) is 7.92. The maximum Gasteiger partial charge on any atom is 0.0546 e. The minimum atomic E-state index is 0.229. The third-order valence-electron chi connectivity index (χ3n) is 4.00. The van der Waals surface area contributed by atoms with Gasteiger partial charge in [0.05, 0.1) is 6.10 Å². The van der Waals surface area contributed by atoms with Crippen molar-refractivity contribution in [3.05, 3.63) is 0 Å². The van der Waals surface area contributed by atoms with Crippen molar-refractivity contribution in [2.75, 3.05) is 13.7 Å². The van der Waals surface area contributed by atoms with E-state index in [1.165, 1.54) is 32.1 Å². The van der Waals surface area contributed by atoms with Gasteiger partial charge in [-0.25, -0.2) is 0 Å². The van der Waals surface area contributed by atoms with Crippen molar-refractivity contribution in [2.24, 2.45) is 11.8 Å². The summed E-state index contributed by atoms with van der Waals surface area (Å²) in [5.74, 6) is 1.70. The van der Waals surface area contributed by atoms with Gasteiger partial charge < -0.3 is 10.1 Å². The highest BCUT2D eigenvalue weighted by Gasteiger charge is 2.27. The number of ether oxygens (including phenoxy) is 1. The van der Waals surface area contributed by atoms with Crippen molar-refractivity contribution in [1.29, 1.82) is 0 Å². The smallest absolute Gasteiger partial charge is 0.0546 e. The molecular weight excluding hydrogens is 210 g/mol. The second-order valence-electron chi connectivity index (χ2n) is 6.72. The van der Waals surface area contributed by atoms with Crippen LogP contribution in [-0.4, -0.2) is 25.3 Å². The maximum absolute atomic E-state index is 5.44. The van der Waals surface area contributed by atoms with E-state index in [1.807, 2.05) is 7.11 Å². The molecule has 0 spiro atoms. The standard InChI is InChI=1S/C15H31NO/c1-12(17-5)10-14(11-16-15(2,3)4)13-8-6-7-9-13/h12-14,16H,6-11H2,1-5H3. The van der Waals surface area contributed by atoms with Crippen LogP contribution >= 0.6 is 0 Å². The van der Waals surface area contributed by atoms with E-state index in [4.69, 9.17) is 4.74 Å². The van der Waals surface area contributed by atoms with Crippen LogP contribution in [0.5, 0.6) is 0 Å². The SMILES string of the molecule is COC(C)CC(CNC(C)(C)C)C1CCCC1. The predicted octanol–water partition coefficient (Wildman–Crippen LogP) is 3.61. The van der Waals surface area contributed by atoms with Gasteiger partial charge in [-0.15, -0.1) is 0 Å². The van der Waals surface area contributed by atoms with E-state index in [2.05, 4.69) is 33.0 Å². The number of methoxy groups -OCH3 is 1. The molecule has 1 fully saturated rings. The van der Waals surface area contributed by atoms with Gasteiger partial charge in [-0.2, -0.15) is 0 Å². The molecule has 0 aliphatic heterocycles. The molecule has 0 radical (unpaired) electrons. The van der Waals surface area contributed by atoms with E-state index in [0.717, 1.165) is 18.4 Å². The quantitative estimate of drug-likeness (QED) is 0.767. The first-order valence-corrected chi connectivity index (χ1v) is 7.20. The second kappa shape index (κ2) is 6.75. The molecule has 1 aliphatic rings. The van der Waals surface area contributed by atoms with Crippen LogP contribution in [0.15, 0.2) is 0 Å². The zero-order valence-electron chi connectivity index (χ0n) is 12.4. The summed E-state index contributed by atoms with van der Waals surface area (Å²) < 4.78 is 5.44. The fourth-order valence-corrected chi connectivity index (χ4v) is 2.83. The van der Waals surface area contributed by atoms with Crippen LogP contribution in [0.25, 0.3) is 0 Å². The van der Waals surface area contributed by atoms with Crippen molar-refractivity contribution >= 4 is 0 Å². The molecule has 0 saturated heterocycles. The molecule has 2 nitrogen and oxygen atoms in total. The number of rotatable bonds is 6. The zero-order chi connectivity index (χ0) is 12.9. The van der Waals surface area contributed by atoms with Crippen LogP contribution in [0.1, 0.15) is 59.8 Å². The van der Waals surface area contributed by atoms with Gasteiger partial charge in [-0.05, 0) is 52.5 Å². The Morgan fingerprint density at radius 3 is 2.29 bits per heavy atom. The van der Waals surface area contributed by atoms with Gasteiger partial charge in [-0.3, -0.25) is 0 Å². The molecule has 1 N–H and O–H groups in total. The van der Waals surface area contributed by atoms with Crippen molar-refractivity contribution in [1.82, 2.24) is 5.32 Å². The third kappa shape index (κ3) is 5.87. The van der Waals surface area contributed by atoms with E-state index < -0.39 is 0 Å². The molecule has 0 aromatic rings. The summed E-state index contributed by atoms with van der Waals surface area (Å²) in [6.45, 7) is 10.1. The highest BCUT2D eigenvalue weighted by molar-refractivity contribution is 4.81. The van der Waals surface area contributed by atoms with Crippen molar-refractivity contribution in [3.63, 3.8) is 0 Å². The first-order valence-electron chi connectivity index (χ1n) is 7.20. The fourth-order valence-electron chi connectivity index (χ4n) is 2.83. The Labute approximate surface area is 108 Å². The monoisotopic (exact) mass is 241 g/mol. The molecule has 0 aromatic heterocycles. The Balaban J connectivity index is 2.46. The molecule has 0 bridgehead atoms. The largest absolute Gasteiger partial charge is 0.382 e. The van der Waals surface area contributed by atoms with Gasteiger partial charge in [-0.1, -0.05) is 25.7 Å². The highest BCUT2D eigenvalue weighted by atomic mass is 16.5. The fraction of sp³-hybridized carbons (Fsp3) is 1.00. The van der Waals surface area contributed by atoms with Crippen molar-refractivity contribution in [2.45, 2.75) is 71.4 Å². The van der Waals surface area contributed by atoms with Crippen LogP contribution < -0.4 is 5.32 Å².